The van der Waals surface area contributed by atoms with Crippen LogP contribution in [0.1, 0.15) is 26.2 Å². The first kappa shape index (κ1) is 13.3. The van der Waals surface area contributed by atoms with Crippen molar-refractivity contribution in [1.29, 1.82) is 0 Å². The van der Waals surface area contributed by atoms with Crippen molar-refractivity contribution < 1.29 is 10.2 Å². The van der Waals surface area contributed by atoms with E-state index in [0.717, 1.165) is 6.54 Å². The Labute approximate surface area is 96.6 Å². The van der Waals surface area contributed by atoms with Crippen molar-refractivity contribution in [3.63, 3.8) is 0 Å². The Morgan fingerprint density at radius 1 is 1.33 bits per heavy atom. The molecule has 0 saturated heterocycles. The maximum Gasteiger partial charge on any atom is 0.0518 e. The van der Waals surface area contributed by atoms with E-state index in [1.54, 1.807) is 0 Å². The fourth-order valence-corrected chi connectivity index (χ4v) is 2.72. The van der Waals surface area contributed by atoms with Crippen molar-refractivity contribution in [2.45, 2.75) is 30.9 Å². The molecule has 0 radical (unpaired) electrons. The molecule has 1 fully saturated rings. The van der Waals surface area contributed by atoms with Gasteiger partial charge in [0.1, 0.15) is 0 Å². The number of hydrogen-bond donors (Lipinski definition) is 3. The van der Waals surface area contributed by atoms with E-state index < -0.39 is 0 Å². The summed E-state index contributed by atoms with van der Waals surface area (Å²) in [5.74, 6) is 0. The van der Waals surface area contributed by atoms with Gasteiger partial charge in [0.15, 0.2) is 0 Å². The number of nitrogens with one attached hydrogen (secondary N) is 1. The highest BCUT2D eigenvalue weighted by atomic mass is 32.2. The van der Waals surface area contributed by atoms with Crippen LogP contribution in [0.3, 0.4) is 0 Å². The predicted octanol–water partition coefficient (Wildman–Crippen LogP) is 0.853. The van der Waals surface area contributed by atoms with E-state index in [9.17, 15) is 0 Å². The Bertz CT molecular complexity index is 173. The SMILES string of the molecule is CSC1(CNCC(C)(CO)CO)CCC1. The maximum atomic E-state index is 9.14. The van der Waals surface area contributed by atoms with Gasteiger partial charge >= 0.3 is 0 Å². The topological polar surface area (TPSA) is 52.5 Å². The van der Waals surface area contributed by atoms with Crippen LogP contribution in [0.25, 0.3) is 0 Å². The number of rotatable bonds is 7. The van der Waals surface area contributed by atoms with Gasteiger partial charge in [0.2, 0.25) is 0 Å². The van der Waals surface area contributed by atoms with Crippen molar-refractivity contribution >= 4 is 11.8 Å². The lowest BCUT2D eigenvalue weighted by Crippen LogP contribution is -2.47. The number of aliphatic hydroxyl groups excluding tert-OH is 2. The Hall–Kier alpha value is 0.230. The molecule has 1 aliphatic carbocycles. The zero-order valence-corrected chi connectivity index (χ0v) is 10.6. The van der Waals surface area contributed by atoms with E-state index in [4.69, 9.17) is 10.2 Å². The molecule has 0 bridgehead atoms. The van der Waals surface area contributed by atoms with Crippen molar-refractivity contribution in [2.75, 3.05) is 32.6 Å². The molecule has 0 unspecified atom stereocenters. The van der Waals surface area contributed by atoms with Crippen molar-refractivity contribution in [2.24, 2.45) is 5.41 Å². The Kier molecular flexibility index (Phi) is 4.90. The fraction of sp³-hybridized carbons (Fsp3) is 1.00. The quantitative estimate of drug-likeness (QED) is 0.610. The van der Waals surface area contributed by atoms with Crippen LogP contribution in [0.15, 0.2) is 0 Å². The zero-order chi connectivity index (χ0) is 11.4. The highest BCUT2D eigenvalue weighted by Crippen LogP contribution is 2.42. The van der Waals surface area contributed by atoms with Gasteiger partial charge in [-0.05, 0) is 19.1 Å². The van der Waals surface area contributed by atoms with Gasteiger partial charge < -0.3 is 15.5 Å². The molecular formula is C11H23NO2S. The first-order valence-corrected chi connectivity index (χ1v) is 6.80. The molecule has 0 aromatic carbocycles. The minimum Gasteiger partial charge on any atom is -0.396 e. The number of hydrogen-bond acceptors (Lipinski definition) is 4. The summed E-state index contributed by atoms with van der Waals surface area (Å²) >= 11 is 1.94. The summed E-state index contributed by atoms with van der Waals surface area (Å²) in [6, 6.07) is 0. The van der Waals surface area contributed by atoms with Gasteiger partial charge in [0.25, 0.3) is 0 Å². The summed E-state index contributed by atoms with van der Waals surface area (Å²) in [7, 11) is 0. The average Bonchev–Trinajstić information content (AvgIpc) is 2.22. The minimum absolute atomic E-state index is 0.0305. The summed E-state index contributed by atoms with van der Waals surface area (Å²) in [5.41, 5.74) is -0.386. The van der Waals surface area contributed by atoms with Gasteiger partial charge in [-0.25, -0.2) is 0 Å². The molecule has 3 nitrogen and oxygen atoms in total. The molecule has 0 aromatic heterocycles. The second kappa shape index (κ2) is 5.53. The molecule has 15 heavy (non-hydrogen) atoms. The largest absolute Gasteiger partial charge is 0.396 e. The Morgan fingerprint density at radius 3 is 2.27 bits per heavy atom. The summed E-state index contributed by atoms with van der Waals surface area (Å²) in [6.45, 7) is 3.63. The molecule has 0 atom stereocenters. The third kappa shape index (κ3) is 3.34. The van der Waals surface area contributed by atoms with Crippen LogP contribution in [0.4, 0.5) is 0 Å². The lowest BCUT2D eigenvalue weighted by Gasteiger charge is -2.41. The maximum absolute atomic E-state index is 9.14. The second-order valence-corrected chi connectivity index (χ2v) is 6.25. The first-order valence-electron chi connectivity index (χ1n) is 5.57. The molecule has 0 heterocycles. The molecule has 1 aliphatic rings. The summed E-state index contributed by atoms with van der Waals surface area (Å²) in [4.78, 5) is 0. The molecule has 0 aromatic rings. The highest BCUT2D eigenvalue weighted by Gasteiger charge is 2.36. The first-order chi connectivity index (χ1) is 7.10. The lowest BCUT2D eigenvalue weighted by molar-refractivity contribution is 0.0686. The van der Waals surface area contributed by atoms with Crippen molar-refractivity contribution in [3.05, 3.63) is 0 Å². The molecule has 3 N–H and O–H groups in total. The van der Waals surface area contributed by atoms with Gasteiger partial charge in [-0.3, -0.25) is 0 Å². The fourth-order valence-electron chi connectivity index (χ4n) is 1.78. The second-order valence-electron chi connectivity index (χ2n) is 4.97. The number of aliphatic hydroxyl groups is 2. The zero-order valence-electron chi connectivity index (χ0n) is 9.75. The molecule has 90 valence electrons. The summed E-state index contributed by atoms with van der Waals surface area (Å²) < 4.78 is 0.422. The van der Waals surface area contributed by atoms with Gasteiger partial charge in [-0.1, -0.05) is 13.3 Å². The van der Waals surface area contributed by atoms with Crippen LogP contribution in [0.2, 0.25) is 0 Å². The van der Waals surface area contributed by atoms with E-state index in [1.165, 1.54) is 19.3 Å². The standard InChI is InChI=1S/C11H23NO2S/c1-10(8-13,9-14)6-12-7-11(15-2)4-3-5-11/h12-14H,3-9H2,1-2H3. The van der Waals surface area contributed by atoms with Crippen molar-refractivity contribution in [1.82, 2.24) is 5.32 Å². The van der Waals surface area contributed by atoms with Gasteiger partial charge in [0, 0.05) is 23.3 Å². The van der Waals surface area contributed by atoms with E-state index in [0.29, 0.717) is 11.3 Å². The Morgan fingerprint density at radius 2 is 1.93 bits per heavy atom. The average molecular weight is 233 g/mol. The molecule has 1 rings (SSSR count). The minimum atomic E-state index is -0.386. The summed E-state index contributed by atoms with van der Waals surface area (Å²) in [6.07, 6.45) is 6.07. The van der Waals surface area contributed by atoms with E-state index in [2.05, 4.69) is 11.6 Å². The van der Waals surface area contributed by atoms with Gasteiger partial charge in [0.05, 0.1) is 13.2 Å². The van der Waals surface area contributed by atoms with E-state index >= 15 is 0 Å². The van der Waals surface area contributed by atoms with Gasteiger partial charge in [-0.15, -0.1) is 0 Å². The molecular weight excluding hydrogens is 210 g/mol. The smallest absolute Gasteiger partial charge is 0.0518 e. The molecule has 0 spiro atoms. The third-order valence-electron chi connectivity index (χ3n) is 3.46. The Balaban J connectivity index is 2.25. The molecule has 0 aliphatic heterocycles. The number of thioether (sulfide) groups is 1. The lowest BCUT2D eigenvalue weighted by atomic mass is 9.83. The van der Waals surface area contributed by atoms with Crippen LogP contribution >= 0.6 is 11.8 Å². The highest BCUT2D eigenvalue weighted by molar-refractivity contribution is 8.00. The third-order valence-corrected chi connectivity index (χ3v) is 4.88. The van der Waals surface area contributed by atoms with Crippen molar-refractivity contribution in [3.8, 4) is 0 Å². The van der Waals surface area contributed by atoms with Crippen LogP contribution in [0.5, 0.6) is 0 Å². The predicted molar refractivity (Wildman–Crippen MR) is 65.2 cm³/mol. The normalized spacial score (nSPS) is 20.0. The van der Waals surface area contributed by atoms with Gasteiger partial charge in [-0.2, -0.15) is 11.8 Å². The van der Waals surface area contributed by atoms with Crippen LogP contribution in [-0.2, 0) is 0 Å². The molecule has 0 amide bonds. The summed E-state index contributed by atoms with van der Waals surface area (Å²) in [5, 5.41) is 21.7. The molecule has 1 saturated carbocycles. The van der Waals surface area contributed by atoms with E-state index in [1.807, 2.05) is 18.7 Å². The van der Waals surface area contributed by atoms with E-state index in [-0.39, 0.29) is 18.6 Å². The monoisotopic (exact) mass is 233 g/mol. The van der Waals surface area contributed by atoms with Crippen LogP contribution in [-0.4, -0.2) is 47.5 Å². The van der Waals surface area contributed by atoms with Crippen LogP contribution < -0.4 is 5.32 Å². The molecule has 4 heteroatoms. The van der Waals surface area contributed by atoms with Crippen LogP contribution in [0, 0.1) is 5.41 Å².